The Labute approximate surface area is 139 Å². The van der Waals surface area contributed by atoms with Gasteiger partial charge >= 0.3 is 5.97 Å². The Bertz CT molecular complexity index is 863. The largest absolute Gasteiger partial charge is 0.481 e. The molecule has 4 heteroatoms. The number of halogens is 1. The number of hydrogen-bond acceptors (Lipinski definition) is 1. The highest BCUT2D eigenvalue weighted by atomic mass is 35.5. The number of aromatic amines is 1. The number of hydrogen-bond donors (Lipinski definition) is 2. The Kier molecular flexibility index (Phi) is 4.14. The Morgan fingerprint density at radius 2 is 1.87 bits per heavy atom. The number of benzene rings is 2. The van der Waals surface area contributed by atoms with Gasteiger partial charge in [-0.15, -0.1) is 0 Å². The zero-order valence-corrected chi connectivity index (χ0v) is 13.8. The molecule has 2 aromatic carbocycles. The molecule has 0 aliphatic heterocycles. The van der Waals surface area contributed by atoms with Gasteiger partial charge in [0.2, 0.25) is 0 Å². The van der Waals surface area contributed by atoms with Crippen LogP contribution in [0.1, 0.15) is 30.9 Å². The van der Waals surface area contributed by atoms with Crippen LogP contribution in [0.15, 0.2) is 42.5 Å². The van der Waals surface area contributed by atoms with E-state index in [1.807, 2.05) is 24.3 Å². The van der Waals surface area contributed by atoms with Gasteiger partial charge in [0.25, 0.3) is 0 Å². The average molecular weight is 328 g/mol. The summed E-state index contributed by atoms with van der Waals surface area (Å²) in [6, 6.07) is 13.7. The van der Waals surface area contributed by atoms with Crippen molar-refractivity contribution in [3.8, 4) is 11.3 Å². The van der Waals surface area contributed by atoms with Crippen LogP contribution in [0.5, 0.6) is 0 Å². The molecule has 2 N–H and O–H groups in total. The molecule has 1 aromatic heterocycles. The number of aliphatic carboxylic acids is 1. The van der Waals surface area contributed by atoms with Crippen molar-refractivity contribution in [2.24, 2.45) is 0 Å². The van der Waals surface area contributed by atoms with Gasteiger partial charge in [-0.3, -0.25) is 4.79 Å². The maximum Gasteiger partial charge on any atom is 0.307 e. The number of carboxylic acid groups (broad SMARTS) is 1. The molecule has 0 radical (unpaired) electrons. The van der Waals surface area contributed by atoms with Gasteiger partial charge in [-0.05, 0) is 40.8 Å². The number of carbonyl (C=O) groups is 1. The number of rotatable bonds is 4. The van der Waals surface area contributed by atoms with E-state index in [1.165, 1.54) is 5.56 Å². The molecule has 0 aliphatic rings. The van der Waals surface area contributed by atoms with Gasteiger partial charge in [-0.1, -0.05) is 49.7 Å². The Balaban J connectivity index is 2.17. The van der Waals surface area contributed by atoms with Crippen molar-refractivity contribution in [3.63, 3.8) is 0 Å². The highest BCUT2D eigenvalue weighted by molar-refractivity contribution is 6.31. The van der Waals surface area contributed by atoms with Crippen LogP contribution in [-0.4, -0.2) is 16.1 Å². The van der Waals surface area contributed by atoms with E-state index < -0.39 is 5.97 Å². The predicted octanol–water partition coefficient (Wildman–Crippen LogP) is 5.24. The lowest BCUT2D eigenvalue weighted by atomic mass is 9.98. The summed E-state index contributed by atoms with van der Waals surface area (Å²) >= 11 is 6.08. The Hall–Kier alpha value is -2.26. The Morgan fingerprint density at radius 1 is 1.17 bits per heavy atom. The molecule has 23 heavy (non-hydrogen) atoms. The monoisotopic (exact) mass is 327 g/mol. The second kappa shape index (κ2) is 6.09. The SMILES string of the molecule is CC(C)c1ccc(-c2[nH]c3ccc(Cl)cc3c2CC(=O)O)cc1. The summed E-state index contributed by atoms with van der Waals surface area (Å²) in [7, 11) is 0. The van der Waals surface area contributed by atoms with E-state index in [1.54, 1.807) is 6.07 Å². The molecular formula is C19H18ClNO2. The molecule has 0 saturated carbocycles. The van der Waals surface area contributed by atoms with E-state index in [-0.39, 0.29) is 6.42 Å². The third-order valence-corrected chi connectivity index (χ3v) is 4.30. The van der Waals surface area contributed by atoms with E-state index in [0.29, 0.717) is 10.9 Å². The third kappa shape index (κ3) is 3.10. The van der Waals surface area contributed by atoms with Crippen LogP contribution in [0.2, 0.25) is 5.02 Å². The molecule has 3 aromatic rings. The fraction of sp³-hybridized carbons (Fsp3) is 0.211. The standard InChI is InChI=1S/C19H18ClNO2/c1-11(2)12-3-5-13(6-4-12)19-16(10-18(22)23)15-9-14(20)7-8-17(15)21-19/h3-9,11,21H,10H2,1-2H3,(H,22,23). The van der Waals surface area contributed by atoms with Gasteiger partial charge in [0.15, 0.2) is 0 Å². The zero-order valence-electron chi connectivity index (χ0n) is 13.1. The summed E-state index contributed by atoms with van der Waals surface area (Å²) in [4.78, 5) is 14.6. The zero-order chi connectivity index (χ0) is 16.6. The van der Waals surface area contributed by atoms with Crippen molar-refractivity contribution in [2.75, 3.05) is 0 Å². The molecule has 0 bridgehead atoms. The minimum absolute atomic E-state index is 0.0401. The lowest BCUT2D eigenvalue weighted by Gasteiger charge is -2.07. The van der Waals surface area contributed by atoms with Gasteiger partial charge in [-0.25, -0.2) is 0 Å². The number of fused-ring (bicyclic) bond motifs is 1. The van der Waals surface area contributed by atoms with E-state index in [2.05, 4.69) is 31.0 Å². The molecule has 1 heterocycles. The summed E-state index contributed by atoms with van der Waals surface area (Å²) in [6.07, 6.45) is -0.0401. The highest BCUT2D eigenvalue weighted by Crippen LogP contribution is 2.33. The molecule has 0 unspecified atom stereocenters. The average Bonchev–Trinajstić information content (AvgIpc) is 2.85. The fourth-order valence-electron chi connectivity index (χ4n) is 2.84. The molecule has 0 aliphatic carbocycles. The van der Waals surface area contributed by atoms with Crippen LogP contribution in [0.4, 0.5) is 0 Å². The van der Waals surface area contributed by atoms with E-state index >= 15 is 0 Å². The first-order chi connectivity index (χ1) is 11.0. The number of nitrogens with one attached hydrogen (secondary N) is 1. The minimum atomic E-state index is -0.856. The predicted molar refractivity (Wildman–Crippen MR) is 94.2 cm³/mol. The second-order valence-corrected chi connectivity index (χ2v) is 6.45. The van der Waals surface area contributed by atoms with Crippen LogP contribution in [0, 0.1) is 0 Å². The van der Waals surface area contributed by atoms with Gasteiger partial charge in [-0.2, -0.15) is 0 Å². The molecule has 3 rings (SSSR count). The van der Waals surface area contributed by atoms with Gasteiger partial charge in [0.1, 0.15) is 0 Å². The normalized spacial score (nSPS) is 11.3. The lowest BCUT2D eigenvalue weighted by molar-refractivity contribution is -0.136. The van der Waals surface area contributed by atoms with Crippen LogP contribution in [0.3, 0.4) is 0 Å². The van der Waals surface area contributed by atoms with Gasteiger partial charge in [0.05, 0.1) is 12.1 Å². The molecule has 3 nitrogen and oxygen atoms in total. The summed E-state index contributed by atoms with van der Waals surface area (Å²) < 4.78 is 0. The smallest absolute Gasteiger partial charge is 0.307 e. The quantitative estimate of drug-likeness (QED) is 0.688. The summed E-state index contributed by atoms with van der Waals surface area (Å²) in [5.74, 6) is -0.394. The van der Waals surface area contributed by atoms with Crippen LogP contribution in [0.25, 0.3) is 22.2 Å². The highest BCUT2D eigenvalue weighted by Gasteiger charge is 2.16. The molecule has 0 saturated heterocycles. The topological polar surface area (TPSA) is 53.1 Å². The summed E-state index contributed by atoms with van der Waals surface area (Å²) in [5, 5.41) is 10.7. The van der Waals surface area contributed by atoms with Gasteiger partial charge in [0, 0.05) is 15.9 Å². The number of H-pyrrole nitrogens is 1. The van der Waals surface area contributed by atoms with E-state index in [0.717, 1.165) is 27.7 Å². The molecular weight excluding hydrogens is 310 g/mol. The van der Waals surface area contributed by atoms with Crippen molar-refractivity contribution >= 4 is 28.5 Å². The molecule has 0 spiro atoms. The Morgan fingerprint density at radius 3 is 2.48 bits per heavy atom. The first-order valence-corrected chi connectivity index (χ1v) is 7.95. The first kappa shape index (κ1) is 15.6. The van der Waals surface area contributed by atoms with Crippen molar-refractivity contribution in [1.82, 2.24) is 4.98 Å². The fourth-order valence-corrected chi connectivity index (χ4v) is 3.01. The molecule has 118 valence electrons. The van der Waals surface area contributed by atoms with Crippen molar-refractivity contribution in [2.45, 2.75) is 26.2 Å². The maximum atomic E-state index is 11.3. The minimum Gasteiger partial charge on any atom is -0.481 e. The second-order valence-electron chi connectivity index (χ2n) is 6.02. The van der Waals surface area contributed by atoms with Crippen LogP contribution in [-0.2, 0) is 11.2 Å². The van der Waals surface area contributed by atoms with E-state index in [9.17, 15) is 9.90 Å². The number of aromatic nitrogens is 1. The van der Waals surface area contributed by atoms with Crippen LogP contribution < -0.4 is 0 Å². The molecule has 0 amide bonds. The summed E-state index contributed by atoms with van der Waals surface area (Å²) in [5.41, 5.74) is 4.76. The van der Waals surface area contributed by atoms with Crippen molar-refractivity contribution in [3.05, 3.63) is 58.6 Å². The van der Waals surface area contributed by atoms with Crippen LogP contribution >= 0.6 is 11.6 Å². The molecule has 0 fully saturated rings. The van der Waals surface area contributed by atoms with Gasteiger partial charge < -0.3 is 10.1 Å². The maximum absolute atomic E-state index is 11.3. The van der Waals surface area contributed by atoms with E-state index in [4.69, 9.17) is 11.6 Å². The first-order valence-electron chi connectivity index (χ1n) is 7.58. The lowest BCUT2D eigenvalue weighted by Crippen LogP contribution is -2.01. The number of carboxylic acids is 1. The summed E-state index contributed by atoms with van der Waals surface area (Å²) in [6.45, 7) is 4.30. The third-order valence-electron chi connectivity index (χ3n) is 4.06. The molecule has 0 atom stereocenters. The van der Waals surface area contributed by atoms with Crippen molar-refractivity contribution < 1.29 is 9.90 Å². The van der Waals surface area contributed by atoms with Crippen molar-refractivity contribution in [1.29, 1.82) is 0 Å².